The Morgan fingerprint density at radius 3 is 2.68 bits per heavy atom. The monoisotopic (exact) mass is 375 g/mol. The molecule has 142 valence electrons. The molecule has 1 aliphatic heterocycles. The zero-order valence-corrected chi connectivity index (χ0v) is 15.4. The number of fused-ring (bicyclic) bond motifs is 1. The van der Waals surface area contributed by atoms with Gasteiger partial charge < -0.3 is 14.4 Å². The smallest absolute Gasteiger partial charge is 0.137 e. The maximum atomic E-state index is 9.28. The number of imidazole rings is 1. The molecular formula is C20H21N7O. The highest BCUT2D eigenvalue weighted by Crippen LogP contribution is 2.21. The lowest BCUT2D eigenvalue weighted by Gasteiger charge is -2.17. The SMILES string of the molecule is OCc1ccc2nc(Cc3cn(-c4cncc(N5CCCC5)c4)nn3)cn2c1. The van der Waals surface area contributed by atoms with Gasteiger partial charge in [-0.3, -0.25) is 4.98 Å². The van der Waals surface area contributed by atoms with Gasteiger partial charge in [-0.25, -0.2) is 9.67 Å². The molecule has 8 nitrogen and oxygen atoms in total. The number of hydrogen-bond acceptors (Lipinski definition) is 6. The van der Waals surface area contributed by atoms with E-state index < -0.39 is 0 Å². The summed E-state index contributed by atoms with van der Waals surface area (Å²) in [4.78, 5) is 11.3. The van der Waals surface area contributed by atoms with Gasteiger partial charge in [-0.05, 0) is 30.5 Å². The Morgan fingerprint density at radius 2 is 1.82 bits per heavy atom. The van der Waals surface area contributed by atoms with Crippen LogP contribution in [0.3, 0.4) is 0 Å². The highest BCUT2D eigenvalue weighted by Gasteiger charge is 2.14. The van der Waals surface area contributed by atoms with Gasteiger partial charge in [-0.1, -0.05) is 11.3 Å². The third kappa shape index (κ3) is 3.22. The van der Waals surface area contributed by atoms with Crippen molar-refractivity contribution in [2.24, 2.45) is 0 Å². The fourth-order valence-electron chi connectivity index (χ4n) is 3.65. The van der Waals surface area contributed by atoms with E-state index in [4.69, 9.17) is 0 Å². The molecule has 1 N–H and O–H groups in total. The molecule has 28 heavy (non-hydrogen) atoms. The Bertz CT molecular complexity index is 1110. The van der Waals surface area contributed by atoms with Gasteiger partial charge in [0.15, 0.2) is 0 Å². The van der Waals surface area contributed by atoms with E-state index in [0.717, 1.165) is 47.1 Å². The van der Waals surface area contributed by atoms with Gasteiger partial charge in [0.1, 0.15) is 5.65 Å². The van der Waals surface area contributed by atoms with Gasteiger partial charge in [0, 0.05) is 31.9 Å². The first-order chi connectivity index (χ1) is 13.8. The zero-order chi connectivity index (χ0) is 18.9. The summed E-state index contributed by atoms with van der Waals surface area (Å²) in [5, 5.41) is 17.8. The Morgan fingerprint density at radius 1 is 0.964 bits per heavy atom. The Kier molecular flexibility index (Phi) is 4.25. The van der Waals surface area contributed by atoms with Gasteiger partial charge in [0.25, 0.3) is 0 Å². The van der Waals surface area contributed by atoms with Crippen LogP contribution >= 0.6 is 0 Å². The molecule has 0 unspecified atom stereocenters. The standard InChI is InChI=1S/C20H21N7O/c28-14-15-3-4-20-22-16(12-26(20)11-15)7-17-13-27(24-23-17)19-8-18(9-21-10-19)25-5-1-2-6-25/h3-4,8-13,28H,1-2,5-7,14H2. The summed E-state index contributed by atoms with van der Waals surface area (Å²) in [7, 11) is 0. The van der Waals surface area contributed by atoms with Crippen molar-refractivity contribution in [2.45, 2.75) is 25.9 Å². The molecule has 4 aromatic rings. The van der Waals surface area contributed by atoms with Crippen molar-refractivity contribution in [3.8, 4) is 5.69 Å². The van der Waals surface area contributed by atoms with Crippen molar-refractivity contribution >= 4 is 11.3 Å². The van der Waals surface area contributed by atoms with Crippen LogP contribution in [-0.4, -0.2) is 47.6 Å². The molecule has 1 aliphatic rings. The van der Waals surface area contributed by atoms with Crippen LogP contribution in [0.5, 0.6) is 0 Å². The van der Waals surface area contributed by atoms with Gasteiger partial charge >= 0.3 is 0 Å². The number of aliphatic hydroxyl groups excluding tert-OH is 1. The first-order valence-corrected chi connectivity index (χ1v) is 9.47. The van der Waals surface area contributed by atoms with Crippen molar-refractivity contribution in [1.29, 1.82) is 0 Å². The average Bonchev–Trinajstić information content (AvgIpc) is 3.48. The molecule has 8 heteroatoms. The Hall–Kier alpha value is -3.26. The Labute approximate surface area is 162 Å². The number of aliphatic hydroxyl groups is 1. The number of pyridine rings is 2. The molecule has 4 aromatic heterocycles. The molecular weight excluding hydrogens is 354 g/mol. The van der Waals surface area contributed by atoms with Gasteiger partial charge in [-0.2, -0.15) is 0 Å². The van der Waals surface area contributed by atoms with Gasteiger partial charge in [0.05, 0.1) is 48.0 Å². The van der Waals surface area contributed by atoms with Crippen molar-refractivity contribution in [2.75, 3.05) is 18.0 Å². The summed E-state index contributed by atoms with van der Waals surface area (Å²) in [6.07, 6.45) is 12.5. The van der Waals surface area contributed by atoms with Gasteiger partial charge in [0.2, 0.25) is 0 Å². The van der Waals surface area contributed by atoms with E-state index in [0.29, 0.717) is 6.42 Å². The number of nitrogens with zero attached hydrogens (tertiary/aromatic N) is 7. The summed E-state index contributed by atoms with van der Waals surface area (Å²) < 4.78 is 3.69. The molecule has 1 saturated heterocycles. The van der Waals surface area contributed by atoms with Crippen molar-refractivity contribution in [1.82, 2.24) is 29.4 Å². The fourth-order valence-corrected chi connectivity index (χ4v) is 3.65. The molecule has 0 aromatic carbocycles. The molecule has 0 atom stereocenters. The fraction of sp³-hybridized carbons (Fsp3) is 0.300. The van der Waals surface area contributed by atoms with E-state index in [1.165, 1.54) is 12.8 Å². The normalized spacial score (nSPS) is 14.2. The number of aromatic nitrogens is 6. The highest BCUT2D eigenvalue weighted by atomic mass is 16.3. The molecule has 0 spiro atoms. The minimum Gasteiger partial charge on any atom is -0.392 e. The lowest BCUT2D eigenvalue weighted by Crippen LogP contribution is -2.18. The summed E-state index contributed by atoms with van der Waals surface area (Å²) in [5.74, 6) is 0. The minimum absolute atomic E-state index is 0.0162. The largest absolute Gasteiger partial charge is 0.392 e. The number of anilines is 1. The molecule has 0 amide bonds. The molecule has 5 heterocycles. The summed E-state index contributed by atoms with van der Waals surface area (Å²) >= 11 is 0. The van der Waals surface area contributed by atoms with Crippen LogP contribution in [0.2, 0.25) is 0 Å². The first kappa shape index (κ1) is 16.9. The van der Waals surface area contributed by atoms with Crippen molar-refractivity contribution < 1.29 is 5.11 Å². The predicted molar refractivity (Wildman–Crippen MR) is 105 cm³/mol. The second kappa shape index (κ2) is 7.05. The van der Waals surface area contributed by atoms with Gasteiger partial charge in [-0.15, -0.1) is 5.10 Å². The van der Waals surface area contributed by atoms with Crippen LogP contribution in [-0.2, 0) is 13.0 Å². The van der Waals surface area contributed by atoms with E-state index in [1.807, 2.05) is 41.3 Å². The van der Waals surface area contributed by atoms with E-state index in [-0.39, 0.29) is 6.61 Å². The molecule has 1 fully saturated rings. The van der Waals surface area contributed by atoms with Crippen molar-refractivity contribution in [3.05, 3.63) is 66.1 Å². The molecule has 5 rings (SSSR count). The van der Waals surface area contributed by atoms with Crippen LogP contribution in [0.4, 0.5) is 5.69 Å². The van der Waals surface area contributed by atoms with Crippen LogP contribution in [0.1, 0.15) is 29.8 Å². The van der Waals surface area contributed by atoms with E-state index in [9.17, 15) is 5.11 Å². The van der Waals surface area contributed by atoms with Crippen LogP contribution in [0.15, 0.2) is 49.2 Å². The number of hydrogen-bond donors (Lipinski definition) is 1. The molecule has 0 saturated carbocycles. The second-order valence-electron chi connectivity index (χ2n) is 7.12. The van der Waals surface area contributed by atoms with E-state index in [2.05, 4.69) is 31.2 Å². The summed E-state index contributed by atoms with van der Waals surface area (Å²) in [6, 6.07) is 5.89. The lowest BCUT2D eigenvalue weighted by molar-refractivity contribution is 0.281. The van der Waals surface area contributed by atoms with Crippen LogP contribution in [0.25, 0.3) is 11.3 Å². The maximum absolute atomic E-state index is 9.28. The lowest BCUT2D eigenvalue weighted by atomic mass is 10.3. The summed E-state index contributed by atoms with van der Waals surface area (Å²) in [6.45, 7) is 2.18. The zero-order valence-electron chi connectivity index (χ0n) is 15.4. The highest BCUT2D eigenvalue weighted by molar-refractivity contribution is 5.51. The maximum Gasteiger partial charge on any atom is 0.137 e. The number of rotatable bonds is 5. The topological polar surface area (TPSA) is 84.4 Å². The third-order valence-corrected chi connectivity index (χ3v) is 5.09. The van der Waals surface area contributed by atoms with Crippen LogP contribution in [0, 0.1) is 0 Å². The average molecular weight is 375 g/mol. The minimum atomic E-state index is 0.0162. The summed E-state index contributed by atoms with van der Waals surface area (Å²) in [5.41, 5.74) is 5.50. The van der Waals surface area contributed by atoms with E-state index >= 15 is 0 Å². The second-order valence-corrected chi connectivity index (χ2v) is 7.12. The van der Waals surface area contributed by atoms with Crippen LogP contribution < -0.4 is 4.90 Å². The van der Waals surface area contributed by atoms with Crippen molar-refractivity contribution in [3.63, 3.8) is 0 Å². The quantitative estimate of drug-likeness (QED) is 0.574. The molecule has 0 bridgehead atoms. The molecule has 0 radical (unpaired) electrons. The first-order valence-electron chi connectivity index (χ1n) is 9.47. The Balaban J connectivity index is 1.37. The van der Waals surface area contributed by atoms with E-state index in [1.54, 1.807) is 10.9 Å². The third-order valence-electron chi connectivity index (χ3n) is 5.09. The molecule has 0 aliphatic carbocycles. The predicted octanol–water partition coefficient (Wildman–Crippen LogP) is 1.99.